The highest BCUT2D eigenvalue weighted by atomic mass is 32.1. The number of carbonyl (C=O) groups excluding carboxylic acids is 2. The molecule has 0 saturated carbocycles. The van der Waals surface area contributed by atoms with Gasteiger partial charge in [0.15, 0.2) is 4.80 Å². The molecule has 0 radical (unpaired) electrons. The van der Waals surface area contributed by atoms with Gasteiger partial charge in [0.05, 0.1) is 22.4 Å². The van der Waals surface area contributed by atoms with Crippen LogP contribution >= 0.6 is 11.3 Å². The summed E-state index contributed by atoms with van der Waals surface area (Å²) >= 11 is 1.36. The topological polar surface area (TPSA) is 60.7 Å². The zero-order chi connectivity index (χ0) is 23.2. The van der Waals surface area contributed by atoms with Gasteiger partial charge in [-0.25, -0.2) is 4.79 Å². The zero-order valence-electron chi connectivity index (χ0n) is 18.4. The Balaban J connectivity index is 1.64. The number of fused-ring (bicyclic) bond motifs is 1. The fraction of sp³-hybridized carbons (Fsp3) is 0.148. The second-order valence-electron chi connectivity index (χ2n) is 7.46. The Kier molecular flexibility index (Phi) is 6.95. The van der Waals surface area contributed by atoms with E-state index in [4.69, 9.17) is 4.74 Å². The number of thiazole rings is 1. The molecule has 1 heterocycles. The van der Waals surface area contributed by atoms with Gasteiger partial charge in [-0.05, 0) is 54.8 Å². The maximum Gasteiger partial charge on any atom is 0.338 e. The molecule has 0 aliphatic heterocycles. The molecular weight excluding hydrogens is 432 g/mol. The molecule has 0 fully saturated rings. The van der Waals surface area contributed by atoms with Crippen LogP contribution in [0, 0.1) is 0 Å². The molecule has 3 aromatic carbocycles. The third-order valence-corrected chi connectivity index (χ3v) is 6.20. The second-order valence-corrected chi connectivity index (χ2v) is 8.47. The highest BCUT2D eigenvalue weighted by Crippen LogP contribution is 2.20. The first kappa shape index (κ1) is 22.4. The zero-order valence-corrected chi connectivity index (χ0v) is 19.2. The van der Waals surface area contributed by atoms with E-state index in [1.807, 2.05) is 53.1 Å². The van der Waals surface area contributed by atoms with Crippen LogP contribution in [0.4, 0.5) is 0 Å². The van der Waals surface area contributed by atoms with Crippen molar-refractivity contribution < 1.29 is 14.3 Å². The van der Waals surface area contributed by atoms with E-state index < -0.39 is 0 Å². The molecule has 166 valence electrons. The van der Waals surface area contributed by atoms with Crippen molar-refractivity contribution in [2.45, 2.75) is 19.9 Å². The number of benzene rings is 3. The van der Waals surface area contributed by atoms with Crippen molar-refractivity contribution in [2.75, 3.05) is 6.61 Å². The van der Waals surface area contributed by atoms with E-state index in [1.54, 1.807) is 25.1 Å². The fourth-order valence-electron chi connectivity index (χ4n) is 3.55. The van der Waals surface area contributed by atoms with Gasteiger partial charge < -0.3 is 9.30 Å². The molecule has 1 amide bonds. The minimum absolute atomic E-state index is 0.309. The number of hydrogen-bond donors (Lipinski definition) is 0. The van der Waals surface area contributed by atoms with Gasteiger partial charge in [-0.2, -0.15) is 4.99 Å². The summed E-state index contributed by atoms with van der Waals surface area (Å²) in [6.07, 6.45) is 2.57. The number of rotatable bonds is 7. The van der Waals surface area contributed by atoms with Crippen LogP contribution in [-0.4, -0.2) is 23.1 Å². The molecule has 0 aliphatic rings. The normalized spacial score (nSPS) is 11.5. The number of aromatic nitrogens is 1. The number of esters is 1. The molecule has 33 heavy (non-hydrogen) atoms. The number of nitrogens with zero attached hydrogens (tertiary/aromatic N) is 2. The summed E-state index contributed by atoms with van der Waals surface area (Å²) in [5.74, 6) is -0.676. The summed E-state index contributed by atoms with van der Waals surface area (Å²) in [4.78, 5) is 29.9. The summed E-state index contributed by atoms with van der Waals surface area (Å²) in [5.41, 5.74) is 4.24. The highest BCUT2D eigenvalue weighted by molar-refractivity contribution is 7.16. The standard InChI is InChI=1S/C27H24N2O3S/c1-3-16-29-23-15-14-22(26(31)32-4-2)18-24(23)33-27(29)28-25(30)21-12-10-20(11-13-21)17-19-8-6-5-7-9-19/h3,5-15,18H,1,4,16-17H2,2H3. The van der Waals surface area contributed by atoms with E-state index in [2.05, 4.69) is 23.7 Å². The minimum atomic E-state index is -0.367. The monoisotopic (exact) mass is 456 g/mol. The van der Waals surface area contributed by atoms with Gasteiger partial charge in [0.1, 0.15) is 0 Å². The lowest BCUT2D eigenvalue weighted by molar-refractivity contribution is 0.0526. The SMILES string of the molecule is C=CCn1c(=NC(=O)c2ccc(Cc3ccccc3)cc2)sc2cc(C(=O)OCC)ccc21. The first-order valence-electron chi connectivity index (χ1n) is 10.7. The number of carbonyl (C=O) groups is 2. The maximum absolute atomic E-state index is 12.9. The van der Waals surface area contributed by atoms with E-state index in [0.717, 1.165) is 22.2 Å². The van der Waals surface area contributed by atoms with Gasteiger partial charge in [-0.15, -0.1) is 6.58 Å². The molecule has 4 aromatic rings. The van der Waals surface area contributed by atoms with Crippen molar-refractivity contribution in [2.24, 2.45) is 4.99 Å². The lowest BCUT2D eigenvalue weighted by atomic mass is 10.0. The van der Waals surface area contributed by atoms with E-state index in [9.17, 15) is 9.59 Å². The lowest BCUT2D eigenvalue weighted by Crippen LogP contribution is -2.16. The molecule has 4 rings (SSSR count). The Morgan fingerprint density at radius 1 is 1.00 bits per heavy atom. The molecule has 0 saturated heterocycles. The van der Waals surface area contributed by atoms with E-state index in [-0.39, 0.29) is 11.9 Å². The predicted octanol–water partition coefficient (Wildman–Crippen LogP) is 5.40. The number of ether oxygens (including phenoxy) is 1. The first-order valence-corrected chi connectivity index (χ1v) is 11.5. The third kappa shape index (κ3) is 5.18. The molecular formula is C27H24N2O3S. The molecule has 5 nitrogen and oxygen atoms in total. The van der Waals surface area contributed by atoms with Crippen LogP contribution in [0.15, 0.2) is 90.4 Å². The average Bonchev–Trinajstić information content (AvgIpc) is 3.16. The Morgan fingerprint density at radius 2 is 1.70 bits per heavy atom. The van der Waals surface area contributed by atoms with Crippen LogP contribution in [0.5, 0.6) is 0 Å². The third-order valence-electron chi connectivity index (χ3n) is 5.15. The molecule has 0 unspecified atom stereocenters. The van der Waals surface area contributed by atoms with Gasteiger partial charge >= 0.3 is 5.97 Å². The van der Waals surface area contributed by atoms with Gasteiger partial charge in [0, 0.05) is 12.1 Å². The minimum Gasteiger partial charge on any atom is -0.462 e. The molecule has 0 atom stereocenters. The Bertz CT molecular complexity index is 1370. The van der Waals surface area contributed by atoms with Crippen molar-refractivity contribution in [3.8, 4) is 0 Å². The fourth-order valence-corrected chi connectivity index (χ4v) is 4.63. The van der Waals surface area contributed by atoms with Crippen LogP contribution in [0.1, 0.15) is 38.8 Å². The van der Waals surface area contributed by atoms with Crippen molar-refractivity contribution in [3.63, 3.8) is 0 Å². The van der Waals surface area contributed by atoms with Crippen molar-refractivity contribution in [3.05, 3.63) is 113 Å². The summed E-state index contributed by atoms with van der Waals surface area (Å²) in [6, 6.07) is 23.1. The predicted molar refractivity (Wildman–Crippen MR) is 132 cm³/mol. The van der Waals surface area contributed by atoms with Crippen molar-refractivity contribution in [1.82, 2.24) is 4.57 Å². The van der Waals surface area contributed by atoms with Crippen LogP contribution in [-0.2, 0) is 17.7 Å². The first-order chi connectivity index (χ1) is 16.1. The second kappa shape index (κ2) is 10.2. The molecule has 0 spiro atoms. The number of hydrogen-bond acceptors (Lipinski definition) is 4. The Morgan fingerprint density at radius 3 is 2.39 bits per heavy atom. The highest BCUT2D eigenvalue weighted by Gasteiger charge is 2.12. The van der Waals surface area contributed by atoms with Gasteiger partial charge in [-0.3, -0.25) is 4.79 Å². The van der Waals surface area contributed by atoms with Gasteiger partial charge in [0.2, 0.25) is 0 Å². The molecule has 1 aromatic heterocycles. The average molecular weight is 457 g/mol. The summed E-state index contributed by atoms with van der Waals surface area (Å²) in [7, 11) is 0. The molecule has 0 aliphatic carbocycles. The quantitative estimate of drug-likeness (QED) is 0.276. The van der Waals surface area contributed by atoms with Crippen LogP contribution in [0.25, 0.3) is 10.2 Å². The van der Waals surface area contributed by atoms with Crippen LogP contribution < -0.4 is 4.80 Å². The van der Waals surface area contributed by atoms with Crippen molar-refractivity contribution >= 4 is 33.4 Å². The largest absolute Gasteiger partial charge is 0.462 e. The van der Waals surface area contributed by atoms with E-state index in [1.165, 1.54) is 16.9 Å². The van der Waals surface area contributed by atoms with Crippen LogP contribution in [0.2, 0.25) is 0 Å². The van der Waals surface area contributed by atoms with E-state index >= 15 is 0 Å². The summed E-state index contributed by atoms with van der Waals surface area (Å²) in [5, 5.41) is 0. The Labute approximate surface area is 196 Å². The summed E-state index contributed by atoms with van der Waals surface area (Å²) < 4.78 is 7.87. The number of allylic oxidation sites excluding steroid dienone is 1. The summed E-state index contributed by atoms with van der Waals surface area (Å²) in [6.45, 7) is 6.41. The maximum atomic E-state index is 12.9. The van der Waals surface area contributed by atoms with Crippen LogP contribution in [0.3, 0.4) is 0 Å². The smallest absolute Gasteiger partial charge is 0.338 e. The van der Waals surface area contributed by atoms with Gasteiger partial charge in [-0.1, -0.05) is 59.9 Å². The lowest BCUT2D eigenvalue weighted by Gasteiger charge is -2.04. The van der Waals surface area contributed by atoms with Crippen molar-refractivity contribution in [1.29, 1.82) is 0 Å². The number of amides is 1. The van der Waals surface area contributed by atoms with Gasteiger partial charge in [0.25, 0.3) is 5.91 Å². The molecule has 0 N–H and O–H groups in total. The Hall–Kier alpha value is -3.77. The molecule has 6 heteroatoms. The molecule has 0 bridgehead atoms. The van der Waals surface area contributed by atoms with E-state index in [0.29, 0.717) is 29.1 Å².